The van der Waals surface area contributed by atoms with E-state index in [1.54, 1.807) is 7.05 Å². The van der Waals surface area contributed by atoms with Gasteiger partial charge >= 0.3 is 5.69 Å². The second-order valence-electron chi connectivity index (χ2n) is 6.18. The highest BCUT2D eigenvalue weighted by Gasteiger charge is 2.44. The van der Waals surface area contributed by atoms with Crippen LogP contribution in [0.3, 0.4) is 0 Å². The molecule has 0 atom stereocenters. The van der Waals surface area contributed by atoms with E-state index in [2.05, 4.69) is 5.32 Å². The van der Waals surface area contributed by atoms with Crippen LogP contribution in [-0.2, 0) is 19.5 Å². The average Bonchev–Trinajstić information content (AvgIpc) is 3.36. The number of nitrogens with one attached hydrogen (secondary N) is 1. The van der Waals surface area contributed by atoms with Crippen molar-refractivity contribution in [3.8, 4) is 6.07 Å². The zero-order chi connectivity index (χ0) is 17.5. The number of nitrogens with zero attached hydrogens (tertiary/aromatic N) is 3. The van der Waals surface area contributed by atoms with E-state index in [-0.39, 0.29) is 16.8 Å². The molecule has 0 aliphatic heterocycles. The molecule has 7 heteroatoms. The molecule has 1 heterocycles. The number of nitriles is 1. The predicted octanol–water partition coefficient (Wildman–Crippen LogP) is 1.75. The molecule has 0 unspecified atom stereocenters. The first-order valence-electron chi connectivity index (χ1n) is 7.60. The summed E-state index contributed by atoms with van der Waals surface area (Å²) >= 11 is 5.94. The smallest absolute Gasteiger partial charge is 0.332 e. The Morgan fingerprint density at radius 3 is 2.38 bits per heavy atom. The van der Waals surface area contributed by atoms with Gasteiger partial charge in [0.2, 0.25) is 0 Å². The minimum absolute atomic E-state index is 0.0472. The average molecular weight is 345 g/mol. The summed E-state index contributed by atoms with van der Waals surface area (Å²) in [6.45, 7) is 0.545. The third-order valence-electron chi connectivity index (χ3n) is 4.68. The molecule has 0 spiro atoms. The predicted molar refractivity (Wildman–Crippen MR) is 92.5 cm³/mol. The zero-order valence-electron chi connectivity index (χ0n) is 13.5. The molecule has 0 bridgehead atoms. The van der Waals surface area contributed by atoms with Crippen molar-refractivity contribution >= 4 is 17.4 Å². The first kappa shape index (κ1) is 16.3. The van der Waals surface area contributed by atoms with E-state index in [1.165, 1.54) is 11.6 Å². The Morgan fingerprint density at radius 2 is 1.83 bits per heavy atom. The SMILES string of the molecule is Cn1c(NCC2(c3ccc(Cl)cc3)CC2)c(C#N)c(=O)n(C)c1=O. The van der Waals surface area contributed by atoms with Crippen LogP contribution in [0.5, 0.6) is 0 Å². The lowest BCUT2D eigenvalue weighted by molar-refractivity contribution is 0.671. The number of aromatic nitrogens is 2. The maximum Gasteiger partial charge on any atom is 0.332 e. The Hall–Kier alpha value is -2.52. The molecule has 1 N–H and O–H groups in total. The molecule has 1 aromatic heterocycles. The zero-order valence-corrected chi connectivity index (χ0v) is 14.2. The summed E-state index contributed by atoms with van der Waals surface area (Å²) in [6, 6.07) is 9.59. The van der Waals surface area contributed by atoms with Crippen molar-refractivity contribution in [3.05, 3.63) is 61.3 Å². The van der Waals surface area contributed by atoms with Gasteiger partial charge in [0.05, 0.1) is 0 Å². The van der Waals surface area contributed by atoms with Gasteiger partial charge in [0, 0.05) is 31.1 Å². The van der Waals surface area contributed by atoms with E-state index in [1.807, 2.05) is 30.3 Å². The number of hydrogen-bond acceptors (Lipinski definition) is 4. The Balaban J connectivity index is 1.93. The second-order valence-corrected chi connectivity index (χ2v) is 6.62. The number of benzene rings is 1. The number of rotatable bonds is 4. The molecule has 1 fully saturated rings. The quantitative estimate of drug-likeness (QED) is 0.916. The summed E-state index contributed by atoms with van der Waals surface area (Å²) in [5, 5.41) is 13.1. The lowest BCUT2D eigenvalue weighted by Crippen LogP contribution is -2.40. The molecule has 1 aliphatic rings. The van der Waals surface area contributed by atoms with Crippen LogP contribution in [0.2, 0.25) is 5.02 Å². The highest BCUT2D eigenvalue weighted by molar-refractivity contribution is 6.30. The second kappa shape index (κ2) is 5.84. The fourth-order valence-corrected chi connectivity index (χ4v) is 3.05. The summed E-state index contributed by atoms with van der Waals surface area (Å²) < 4.78 is 2.24. The number of halogens is 1. The van der Waals surface area contributed by atoms with Crippen LogP contribution < -0.4 is 16.6 Å². The van der Waals surface area contributed by atoms with Crippen molar-refractivity contribution in [2.24, 2.45) is 14.1 Å². The molecule has 0 radical (unpaired) electrons. The molecule has 2 aromatic rings. The standard InChI is InChI=1S/C17H17ClN4O2/c1-21-14(13(9-19)15(23)22(2)16(21)24)20-10-17(7-8-17)11-3-5-12(18)6-4-11/h3-6,20H,7-8,10H2,1-2H3. The first-order chi connectivity index (χ1) is 11.4. The minimum atomic E-state index is -0.584. The Morgan fingerprint density at radius 1 is 1.21 bits per heavy atom. The molecule has 1 aliphatic carbocycles. The van der Waals surface area contributed by atoms with Crippen LogP contribution in [0.15, 0.2) is 33.9 Å². The van der Waals surface area contributed by atoms with Crippen molar-refractivity contribution in [1.82, 2.24) is 9.13 Å². The Kier molecular flexibility index (Phi) is 3.98. The van der Waals surface area contributed by atoms with Gasteiger partial charge in [-0.05, 0) is 30.5 Å². The fourth-order valence-electron chi connectivity index (χ4n) is 2.93. The highest BCUT2D eigenvalue weighted by Crippen LogP contribution is 2.48. The van der Waals surface area contributed by atoms with Gasteiger partial charge < -0.3 is 5.32 Å². The molecule has 0 amide bonds. The van der Waals surface area contributed by atoms with E-state index in [0.29, 0.717) is 11.6 Å². The number of hydrogen-bond donors (Lipinski definition) is 1. The lowest BCUT2D eigenvalue weighted by atomic mass is 9.96. The Bertz CT molecular complexity index is 947. The number of anilines is 1. The van der Waals surface area contributed by atoms with Crippen molar-refractivity contribution in [2.45, 2.75) is 18.3 Å². The van der Waals surface area contributed by atoms with Gasteiger partial charge in [0.1, 0.15) is 11.9 Å². The van der Waals surface area contributed by atoms with Gasteiger partial charge in [-0.1, -0.05) is 23.7 Å². The van der Waals surface area contributed by atoms with Gasteiger partial charge in [0.15, 0.2) is 5.56 Å². The molecule has 124 valence electrons. The molecule has 3 rings (SSSR count). The van der Waals surface area contributed by atoms with E-state index < -0.39 is 11.2 Å². The van der Waals surface area contributed by atoms with Gasteiger partial charge in [-0.25, -0.2) is 4.79 Å². The van der Waals surface area contributed by atoms with Gasteiger partial charge in [-0.2, -0.15) is 5.26 Å². The molecule has 1 aromatic carbocycles. The summed E-state index contributed by atoms with van der Waals surface area (Å²) in [5.41, 5.74) is 0.0181. The summed E-state index contributed by atoms with van der Waals surface area (Å²) in [7, 11) is 2.91. The monoisotopic (exact) mass is 344 g/mol. The lowest BCUT2D eigenvalue weighted by Gasteiger charge is -2.20. The fraction of sp³-hybridized carbons (Fsp3) is 0.353. The van der Waals surface area contributed by atoms with Crippen LogP contribution in [0.1, 0.15) is 24.0 Å². The van der Waals surface area contributed by atoms with Crippen molar-refractivity contribution in [1.29, 1.82) is 5.26 Å². The van der Waals surface area contributed by atoms with Gasteiger partial charge in [-0.15, -0.1) is 0 Å². The third kappa shape index (κ3) is 2.61. The largest absolute Gasteiger partial charge is 0.369 e. The van der Waals surface area contributed by atoms with Crippen LogP contribution in [0, 0.1) is 11.3 Å². The van der Waals surface area contributed by atoms with Crippen LogP contribution in [0.25, 0.3) is 0 Å². The van der Waals surface area contributed by atoms with Crippen molar-refractivity contribution in [2.75, 3.05) is 11.9 Å². The molecule has 24 heavy (non-hydrogen) atoms. The first-order valence-corrected chi connectivity index (χ1v) is 7.97. The molecule has 6 nitrogen and oxygen atoms in total. The van der Waals surface area contributed by atoms with Crippen LogP contribution in [0.4, 0.5) is 5.82 Å². The third-order valence-corrected chi connectivity index (χ3v) is 4.93. The molecular formula is C17H17ClN4O2. The van der Waals surface area contributed by atoms with Crippen LogP contribution in [-0.4, -0.2) is 15.7 Å². The van der Waals surface area contributed by atoms with Gasteiger partial charge in [-0.3, -0.25) is 13.9 Å². The van der Waals surface area contributed by atoms with Crippen LogP contribution >= 0.6 is 11.6 Å². The molecular weight excluding hydrogens is 328 g/mol. The van der Waals surface area contributed by atoms with Crippen molar-refractivity contribution < 1.29 is 0 Å². The molecule has 0 saturated heterocycles. The van der Waals surface area contributed by atoms with E-state index in [0.717, 1.165) is 23.0 Å². The van der Waals surface area contributed by atoms with E-state index in [4.69, 9.17) is 11.6 Å². The van der Waals surface area contributed by atoms with Gasteiger partial charge in [0.25, 0.3) is 5.56 Å². The summed E-state index contributed by atoms with van der Waals surface area (Å²) in [6.07, 6.45) is 2.00. The maximum absolute atomic E-state index is 12.1. The van der Waals surface area contributed by atoms with Crippen molar-refractivity contribution in [3.63, 3.8) is 0 Å². The summed E-state index contributed by atoms with van der Waals surface area (Å²) in [5.74, 6) is 0.269. The normalized spacial score (nSPS) is 14.9. The van der Waals surface area contributed by atoms with E-state index >= 15 is 0 Å². The highest BCUT2D eigenvalue weighted by atomic mass is 35.5. The Labute approximate surface area is 143 Å². The minimum Gasteiger partial charge on any atom is -0.369 e. The maximum atomic E-state index is 12.1. The summed E-state index contributed by atoms with van der Waals surface area (Å²) in [4.78, 5) is 24.2. The molecule has 1 saturated carbocycles. The van der Waals surface area contributed by atoms with E-state index in [9.17, 15) is 14.9 Å². The topological polar surface area (TPSA) is 79.8 Å².